The molecule has 0 aliphatic heterocycles. The minimum absolute atomic E-state index is 0.0118. The second-order valence-corrected chi connectivity index (χ2v) is 5.89. The molecule has 0 saturated carbocycles. The van der Waals surface area contributed by atoms with E-state index < -0.39 is 0 Å². The Labute approximate surface area is 131 Å². The van der Waals surface area contributed by atoms with E-state index in [-0.39, 0.29) is 12.0 Å². The van der Waals surface area contributed by atoms with Crippen LogP contribution < -0.4 is 22.1 Å². The summed E-state index contributed by atoms with van der Waals surface area (Å²) in [6, 6.07) is 0.172. The SMILES string of the molecule is CN=C(NC#N)NC(C)CSCc1csc(N=C(N)N)n1. The van der Waals surface area contributed by atoms with Crippen molar-refractivity contribution in [3.63, 3.8) is 0 Å². The number of rotatable bonds is 6. The van der Waals surface area contributed by atoms with Gasteiger partial charge in [-0.2, -0.15) is 22.0 Å². The molecule has 1 rings (SSSR count). The molecule has 0 radical (unpaired) electrons. The first-order chi connectivity index (χ1) is 10.0. The summed E-state index contributed by atoms with van der Waals surface area (Å²) in [4.78, 5) is 12.1. The Morgan fingerprint density at radius 3 is 3.00 bits per heavy atom. The number of thiazole rings is 1. The Morgan fingerprint density at radius 1 is 1.62 bits per heavy atom. The Morgan fingerprint density at radius 2 is 2.38 bits per heavy atom. The van der Waals surface area contributed by atoms with E-state index >= 15 is 0 Å². The molecule has 1 heterocycles. The van der Waals surface area contributed by atoms with E-state index in [1.54, 1.807) is 18.8 Å². The van der Waals surface area contributed by atoms with Gasteiger partial charge in [-0.15, -0.1) is 11.3 Å². The molecule has 0 aliphatic carbocycles. The fourth-order valence-corrected chi connectivity index (χ4v) is 3.07. The van der Waals surface area contributed by atoms with Gasteiger partial charge in [0.15, 0.2) is 12.2 Å². The summed E-state index contributed by atoms with van der Waals surface area (Å²) in [6.45, 7) is 2.02. The second kappa shape index (κ2) is 9.04. The van der Waals surface area contributed by atoms with Crippen LogP contribution in [0.4, 0.5) is 5.13 Å². The monoisotopic (exact) mass is 326 g/mol. The summed E-state index contributed by atoms with van der Waals surface area (Å²) in [6.07, 6.45) is 1.83. The largest absolute Gasteiger partial charge is 0.370 e. The molecule has 1 atom stereocenters. The van der Waals surface area contributed by atoms with Gasteiger partial charge in [0.2, 0.25) is 11.1 Å². The van der Waals surface area contributed by atoms with Crippen LogP contribution in [0.15, 0.2) is 15.4 Å². The number of nitriles is 1. The molecule has 1 aromatic heterocycles. The van der Waals surface area contributed by atoms with E-state index in [2.05, 4.69) is 25.6 Å². The first kappa shape index (κ1) is 17.1. The second-order valence-electron chi connectivity index (χ2n) is 4.03. The van der Waals surface area contributed by atoms with Crippen LogP contribution >= 0.6 is 23.1 Å². The molecule has 8 nitrogen and oxygen atoms in total. The highest BCUT2D eigenvalue weighted by molar-refractivity contribution is 7.98. The molecule has 10 heteroatoms. The number of aliphatic imine (C=N–C) groups is 2. The highest BCUT2D eigenvalue weighted by Gasteiger charge is 2.06. The average Bonchev–Trinajstić information content (AvgIpc) is 2.85. The Bertz CT molecular complexity index is 541. The summed E-state index contributed by atoms with van der Waals surface area (Å²) in [5.74, 6) is 2.10. The molecule has 1 unspecified atom stereocenters. The van der Waals surface area contributed by atoms with Gasteiger partial charge in [0.25, 0.3) is 0 Å². The molecule has 0 aliphatic rings. The predicted octanol–water partition coefficient (Wildman–Crippen LogP) is 0.316. The number of nitrogens with zero attached hydrogens (tertiary/aromatic N) is 4. The van der Waals surface area contributed by atoms with Gasteiger partial charge in [0.1, 0.15) is 0 Å². The summed E-state index contributed by atoms with van der Waals surface area (Å²) in [7, 11) is 1.62. The quantitative estimate of drug-likeness (QED) is 0.255. The summed E-state index contributed by atoms with van der Waals surface area (Å²) in [5.41, 5.74) is 11.5. The zero-order valence-electron chi connectivity index (χ0n) is 11.8. The fourth-order valence-electron chi connectivity index (χ4n) is 1.35. The third kappa shape index (κ3) is 6.82. The van der Waals surface area contributed by atoms with Crippen LogP contribution in [0.5, 0.6) is 0 Å². The normalized spacial score (nSPS) is 12.3. The van der Waals surface area contributed by atoms with Crippen LogP contribution in [0, 0.1) is 11.5 Å². The molecule has 6 N–H and O–H groups in total. The predicted molar refractivity (Wildman–Crippen MR) is 88.5 cm³/mol. The van der Waals surface area contributed by atoms with Crippen LogP contribution in [0.1, 0.15) is 12.6 Å². The van der Waals surface area contributed by atoms with E-state index in [9.17, 15) is 0 Å². The molecular formula is C11H18N8S2. The highest BCUT2D eigenvalue weighted by Crippen LogP contribution is 2.21. The number of guanidine groups is 2. The zero-order valence-corrected chi connectivity index (χ0v) is 13.5. The summed E-state index contributed by atoms with van der Waals surface area (Å²) in [5, 5.41) is 16.6. The number of nitrogens with one attached hydrogen (secondary N) is 2. The van der Waals surface area contributed by atoms with Crippen LogP contribution in [0.2, 0.25) is 0 Å². The number of thioether (sulfide) groups is 1. The molecule has 0 spiro atoms. The molecule has 0 fully saturated rings. The molecule has 21 heavy (non-hydrogen) atoms. The Balaban J connectivity index is 2.35. The van der Waals surface area contributed by atoms with Crippen molar-refractivity contribution < 1.29 is 0 Å². The van der Waals surface area contributed by atoms with E-state index in [1.807, 2.05) is 18.5 Å². The zero-order chi connectivity index (χ0) is 15.7. The lowest BCUT2D eigenvalue weighted by molar-refractivity contribution is 0.728. The Kier molecular flexibility index (Phi) is 7.34. The fraction of sp³-hybridized carbons (Fsp3) is 0.455. The van der Waals surface area contributed by atoms with E-state index in [1.165, 1.54) is 11.3 Å². The van der Waals surface area contributed by atoms with Gasteiger partial charge in [-0.05, 0) is 6.92 Å². The van der Waals surface area contributed by atoms with E-state index in [0.29, 0.717) is 11.1 Å². The van der Waals surface area contributed by atoms with Crippen molar-refractivity contribution in [3.05, 3.63) is 11.1 Å². The Hall–Kier alpha value is -1.99. The molecule has 1 aromatic rings. The van der Waals surface area contributed by atoms with Crippen LogP contribution in [0.3, 0.4) is 0 Å². The van der Waals surface area contributed by atoms with Crippen LogP contribution in [-0.4, -0.2) is 35.7 Å². The third-order valence-corrected chi connectivity index (χ3v) is 4.18. The molecular weight excluding hydrogens is 308 g/mol. The molecule has 0 saturated heterocycles. The molecule has 114 valence electrons. The lowest BCUT2D eigenvalue weighted by Gasteiger charge is -2.14. The topological polar surface area (TPSA) is 138 Å². The van der Waals surface area contributed by atoms with Gasteiger partial charge in [-0.3, -0.25) is 10.3 Å². The van der Waals surface area contributed by atoms with Gasteiger partial charge >= 0.3 is 0 Å². The smallest absolute Gasteiger partial charge is 0.212 e. The maximum atomic E-state index is 8.55. The third-order valence-electron chi connectivity index (χ3n) is 2.16. The lowest BCUT2D eigenvalue weighted by atomic mass is 10.4. The maximum Gasteiger partial charge on any atom is 0.212 e. The van der Waals surface area contributed by atoms with Crippen molar-refractivity contribution in [2.24, 2.45) is 21.5 Å². The van der Waals surface area contributed by atoms with Crippen molar-refractivity contribution in [2.75, 3.05) is 12.8 Å². The first-order valence-corrected chi connectivity index (χ1v) is 8.08. The highest BCUT2D eigenvalue weighted by atomic mass is 32.2. The minimum atomic E-state index is 0.0118. The number of nitrogens with two attached hydrogens (primary N) is 2. The van der Waals surface area contributed by atoms with E-state index in [4.69, 9.17) is 16.7 Å². The standard InChI is InChI=1S/C11H18N8S2/c1-7(17-10(15-2)16-6-12)3-20-4-8-5-21-11(18-8)19-9(13)14/h5,7H,3-4H2,1-2H3,(H2,15,16,17)(H4,13,14,18,19). The molecule has 0 amide bonds. The van der Waals surface area contributed by atoms with Crippen molar-refractivity contribution in [2.45, 2.75) is 18.7 Å². The maximum absolute atomic E-state index is 8.55. The van der Waals surface area contributed by atoms with Crippen LogP contribution in [-0.2, 0) is 5.75 Å². The first-order valence-electron chi connectivity index (χ1n) is 6.05. The molecule has 0 aromatic carbocycles. The van der Waals surface area contributed by atoms with Gasteiger partial charge in [0.05, 0.1) is 5.69 Å². The van der Waals surface area contributed by atoms with Crippen molar-refractivity contribution in [1.82, 2.24) is 15.6 Å². The summed E-state index contributed by atoms with van der Waals surface area (Å²) < 4.78 is 0. The average molecular weight is 326 g/mol. The van der Waals surface area contributed by atoms with Crippen LogP contribution in [0.25, 0.3) is 0 Å². The van der Waals surface area contributed by atoms with Gasteiger partial charge in [0, 0.05) is 30.0 Å². The van der Waals surface area contributed by atoms with Crippen molar-refractivity contribution >= 4 is 40.1 Å². The van der Waals surface area contributed by atoms with E-state index in [0.717, 1.165) is 17.2 Å². The van der Waals surface area contributed by atoms with Crippen molar-refractivity contribution in [1.29, 1.82) is 5.26 Å². The van der Waals surface area contributed by atoms with Gasteiger partial charge in [-0.25, -0.2) is 4.98 Å². The number of hydrogen-bond acceptors (Lipinski definition) is 6. The summed E-state index contributed by atoms with van der Waals surface area (Å²) >= 11 is 3.13. The number of hydrogen-bond donors (Lipinski definition) is 4. The lowest BCUT2D eigenvalue weighted by Crippen LogP contribution is -2.41. The van der Waals surface area contributed by atoms with Gasteiger partial charge in [-0.1, -0.05) is 0 Å². The minimum Gasteiger partial charge on any atom is -0.370 e. The molecule has 0 bridgehead atoms. The van der Waals surface area contributed by atoms with Crippen molar-refractivity contribution in [3.8, 4) is 6.19 Å². The number of aromatic nitrogens is 1. The van der Waals surface area contributed by atoms with Gasteiger partial charge < -0.3 is 16.8 Å².